The number of ether oxygens (including phenoxy) is 1. The van der Waals surface area contributed by atoms with Gasteiger partial charge in [-0.15, -0.1) is 0 Å². The number of aryl methyl sites for hydroxylation is 1. The molecule has 0 radical (unpaired) electrons. The summed E-state index contributed by atoms with van der Waals surface area (Å²) in [4.78, 5) is 13.7. The first-order valence-electron chi connectivity index (χ1n) is 8.47. The second-order valence-electron chi connectivity index (χ2n) is 6.46. The summed E-state index contributed by atoms with van der Waals surface area (Å²) in [5.74, 6) is 0.644. The molecule has 0 bridgehead atoms. The molecule has 25 heavy (non-hydrogen) atoms. The van der Waals surface area contributed by atoms with E-state index in [4.69, 9.17) is 4.74 Å². The van der Waals surface area contributed by atoms with Gasteiger partial charge in [0.2, 0.25) is 5.91 Å². The Labute approximate surface area is 150 Å². The van der Waals surface area contributed by atoms with E-state index < -0.39 is 0 Å². The lowest BCUT2D eigenvalue weighted by atomic mass is 10.1. The number of quaternary nitrogens is 1. The summed E-state index contributed by atoms with van der Waals surface area (Å²) in [6, 6.07) is 15.9. The standard InChI is InChI=1S/C21H26N2O2/c1-16-10-12-20(25-4)18(14-16)11-13-21(24)22-19(15-23(2)3)17-8-6-5-7-9-17/h5-14,19H,15H2,1-4H3,(H,22,24)/p+1/b13-11+/t19-/m1/s1. The quantitative estimate of drug-likeness (QED) is 0.758. The summed E-state index contributed by atoms with van der Waals surface area (Å²) >= 11 is 0. The topological polar surface area (TPSA) is 42.8 Å². The van der Waals surface area contributed by atoms with Crippen LogP contribution in [-0.2, 0) is 4.79 Å². The zero-order valence-corrected chi connectivity index (χ0v) is 15.4. The van der Waals surface area contributed by atoms with Crippen molar-refractivity contribution in [2.45, 2.75) is 13.0 Å². The molecule has 0 saturated carbocycles. The van der Waals surface area contributed by atoms with Crippen molar-refractivity contribution in [3.8, 4) is 5.75 Å². The molecule has 132 valence electrons. The van der Waals surface area contributed by atoms with Crippen molar-refractivity contribution in [2.75, 3.05) is 27.7 Å². The maximum atomic E-state index is 12.4. The van der Waals surface area contributed by atoms with E-state index in [1.165, 1.54) is 4.90 Å². The highest BCUT2D eigenvalue weighted by Gasteiger charge is 2.16. The third-order valence-electron chi connectivity index (χ3n) is 3.93. The van der Waals surface area contributed by atoms with Gasteiger partial charge in [-0.25, -0.2) is 0 Å². The zero-order chi connectivity index (χ0) is 18.2. The molecule has 0 aromatic heterocycles. The van der Waals surface area contributed by atoms with Crippen LogP contribution < -0.4 is 15.0 Å². The lowest BCUT2D eigenvalue weighted by Gasteiger charge is -2.20. The third kappa shape index (κ3) is 5.76. The molecule has 2 rings (SSSR count). The average molecular weight is 339 g/mol. The van der Waals surface area contributed by atoms with Crippen LogP contribution >= 0.6 is 0 Å². The molecule has 2 aromatic rings. The van der Waals surface area contributed by atoms with Crippen LogP contribution in [-0.4, -0.2) is 33.7 Å². The fraction of sp³-hybridized carbons (Fsp3) is 0.286. The van der Waals surface area contributed by atoms with E-state index in [0.717, 1.165) is 29.0 Å². The van der Waals surface area contributed by atoms with E-state index in [-0.39, 0.29) is 11.9 Å². The van der Waals surface area contributed by atoms with E-state index in [2.05, 4.69) is 19.4 Å². The fourth-order valence-electron chi connectivity index (χ4n) is 2.72. The molecule has 0 saturated heterocycles. The van der Waals surface area contributed by atoms with E-state index in [1.54, 1.807) is 19.3 Å². The summed E-state index contributed by atoms with van der Waals surface area (Å²) in [5.41, 5.74) is 3.13. The summed E-state index contributed by atoms with van der Waals surface area (Å²) in [6.07, 6.45) is 3.37. The predicted molar refractivity (Wildman–Crippen MR) is 102 cm³/mol. The molecule has 0 fully saturated rings. The second kappa shape index (κ2) is 9.04. The van der Waals surface area contributed by atoms with Crippen LogP contribution in [0.4, 0.5) is 0 Å². The van der Waals surface area contributed by atoms with Crippen molar-refractivity contribution in [1.29, 1.82) is 0 Å². The number of methoxy groups -OCH3 is 1. The van der Waals surface area contributed by atoms with E-state index in [9.17, 15) is 4.79 Å². The molecule has 1 atom stereocenters. The molecule has 0 aliphatic heterocycles. The maximum absolute atomic E-state index is 12.4. The summed E-state index contributed by atoms with van der Waals surface area (Å²) in [5, 5.41) is 3.10. The van der Waals surface area contributed by atoms with Crippen molar-refractivity contribution in [1.82, 2.24) is 5.32 Å². The number of carbonyl (C=O) groups is 1. The van der Waals surface area contributed by atoms with Crippen molar-refractivity contribution in [2.24, 2.45) is 0 Å². The summed E-state index contributed by atoms with van der Waals surface area (Å²) in [6.45, 7) is 2.83. The van der Waals surface area contributed by atoms with Crippen LogP contribution in [0.1, 0.15) is 22.7 Å². The largest absolute Gasteiger partial charge is 0.496 e. The predicted octanol–water partition coefficient (Wildman–Crippen LogP) is 2.02. The van der Waals surface area contributed by atoms with Gasteiger partial charge >= 0.3 is 0 Å². The number of likely N-dealkylation sites (N-methyl/N-ethyl adjacent to an activating group) is 1. The van der Waals surface area contributed by atoms with E-state index in [0.29, 0.717) is 0 Å². The molecular formula is C21H27N2O2+. The van der Waals surface area contributed by atoms with E-state index >= 15 is 0 Å². The van der Waals surface area contributed by atoms with Gasteiger partial charge in [-0.2, -0.15) is 0 Å². The van der Waals surface area contributed by atoms with Crippen LogP contribution in [0.3, 0.4) is 0 Å². The second-order valence-corrected chi connectivity index (χ2v) is 6.46. The Kier molecular flexibility index (Phi) is 6.78. The smallest absolute Gasteiger partial charge is 0.244 e. The minimum Gasteiger partial charge on any atom is -0.496 e. The summed E-state index contributed by atoms with van der Waals surface area (Å²) < 4.78 is 5.35. The molecule has 0 aliphatic rings. The minimum atomic E-state index is -0.112. The average Bonchev–Trinajstić information content (AvgIpc) is 2.60. The third-order valence-corrected chi connectivity index (χ3v) is 3.93. The molecular weight excluding hydrogens is 312 g/mol. The molecule has 0 unspecified atom stereocenters. The minimum absolute atomic E-state index is 0.0252. The molecule has 0 heterocycles. The highest BCUT2D eigenvalue weighted by molar-refractivity contribution is 5.92. The highest BCUT2D eigenvalue weighted by atomic mass is 16.5. The maximum Gasteiger partial charge on any atom is 0.244 e. The van der Waals surface area contributed by atoms with Crippen LogP contribution in [0.25, 0.3) is 6.08 Å². The summed E-state index contributed by atoms with van der Waals surface area (Å²) in [7, 11) is 5.79. The monoisotopic (exact) mass is 339 g/mol. The molecule has 4 nitrogen and oxygen atoms in total. The Morgan fingerprint density at radius 3 is 2.56 bits per heavy atom. The number of amides is 1. The van der Waals surface area contributed by atoms with Crippen molar-refractivity contribution in [3.05, 3.63) is 71.3 Å². The van der Waals surface area contributed by atoms with Crippen LogP contribution in [0, 0.1) is 6.92 Å². The van der Waals surface area contributed by atoms with Gasteiger partial charge < -0.3 is 15.0 Å². The first-order valence-corrected chi connectivity index (χ1v) is 8.47. The lowest BCUT2D eigenvalue weighted by molar-refractivity contribution is -0.860. The number of nitrogens with one attached hydrogen (secondary N) is 2. The van der Waals surface area contributed by atoms with Gasteiger partial charge in [0.05, 0.1) is 21.2 Å². The van der Waals surface area contributed by atoms with Crippen LogP contribution in [0.5, 0.6) is 5.75 Å². The number of benzene rings is 2. The van der Waals surface area contributed by atoms with Crippen molar-refractivity contribution < 1.29 is 14.4 Å². The molecule has 1 amide bonds. The fourth-order valence-corrected chi connectivity index (χ4v) is 2.72. The van der Waals surface area contributed by atoms with Gasteiger partial charge in [-0.3, -0.25) is 4.79 Å². The SMILES string of the molecule is COc1ccc(C)cc1/C=C/C(=O)N[C@H](C[NH+](C)C)c1ccccc1. The normalized spacial score (nSPS) is 12.4. The molecule has 2 N–H and O–H groups in total. The van der Waals surface area contributed by atoms with Gasteiger partial charge in [0.25, 0.3) is 0 Å². The Hall–Kier alpha value is -2.59. The first kappa shape index (κ1) is 18.7. The zero-order valence-electron chi connectivity index (χ0n) is 15.4. The van der Waals surface area contributed by atoms with Crippen molar-refractivity contribution in [3.63, 3.8) is 0 Å². The highest BCUT2D eigenvalue weighted by Crippen LogP contribution is 2.21. The Bertz CT molecular complexity index is 724. The number of hydrogen-bond acceptors (Lipinski definition) is 2. The van der Waals surface area contributed by atoms with Gasteiger partial charge in [0.1, 0.15) is 18.3 Å². The number of carbonyl (C=O) groups excluding carboxylic acids is 1. The van der Waals surface area contributed by atoms with Crippen LogP contribution in [0.15, 0.2) is 54.6 Å². The number of hydrogen-bond donors (Lipinski definition) is 2. The molecule has 0 aliphatic carbocycles. The van der Waals surface area contributed by atoms with Crippen LogP contribution in [0.2, 0.25) is 0 Å². The first-order chi connectivity index (χ1) is 12.0. The van der Waals surface area contributed by atoms with Gasteiger partial charge in [0.15, 0.2) is 0 Å². The Morgan fingerprint density at radius 2 is 1.92 bits per heavy atom. The Balaban J connectivity index is 2.12. The molecule has 2 aromatic carbocycles. The van der Waals surface area contributed by atoms with Gasteiger partial charge in [-0.05, 0) is 30.7 Å². The van der Waals surface area contributed by atoms with Gasteiger partial charge in [-0.1, -0.05) is 42.0 Å². The van der Waals surface area contributed by atoms with E-state index in [1.807, 2.05) is 55.5 Å². The van der Waals surface area contributed by atoms with Crippen molar-refractivity contribution >= 4 is 12.0 Å². The molecule has 4 heteroatoms. The number of rotatable bonds is 7. The lowest BCUT2D eigenvalue weighted by Crippen LogP contribution is -3.06. The van der Waals surface area contributed by atoms with Gasteiger partial charge in [0, 0.05) is 11.6 Å². The Morgan fingerprint density at radius 1 is 1.20 bits per heavy atom. The molecule has 0 spiro atoms.